The number of anilines is 1. The third-order valence-corrected chi connectivity index (χ3v) is 7.25. The Balaban J connectivity index is 1.77. The Kier molecular flexibility index (Phi) is 8.51. The van der Waals surface area contributed by atoms with Crippen LogP contribution in [0.3, 0.4) is 0 Å². The minimum absolute atomic E-state index is 0.147. The minimum Gasteiger partial charge on any atom is -0.378 e. The van der Waals surface area contributed by atoms with Crippen molar-refractivity contribution in [2.24, 2.45) is 5.92 Å². The van der Waals surface area contributed by atoms with E-state index in [1.807, 2.05) is 39.0 Å². The van der Waals surface area contributed by atoms with Crippen LogP contribution < -0.4 is 9.62 Å². The van der Waals surface area contributed by atoms with E-state index in [0.717, 1.165) is 29.9 Å². The van der Waals surface area contributed by atoms with E-state index in [0.29, 0.717) is 26.2 Å². The minimum atomic E-state index is -3.82. The van der Waals surface area contributed by atoms with Gasteiger partial charge in [0, 0.05) is 32.4 Å². The van der Waals surface area contributed by atoms with Crippen LogP contribution >= 0.6 is 0 Å². The summed E-state index contributed by atoms with van der Waals surface area (Å²) in [5, 5.41) is 0. The number of aryl methyl sites for hydroxylation is 1. The zero-order chi connectivity index (χ0) is 24.0. The van der Waals surface area contributed by atoms with Gasteiger partial charge in [0.1, 0.15) is 6.04 Å². The molecule has 2 aromatic rings. The maximum absolute atomic E-state index is 13.4. The molecule has 8 heteroatoms. The smallest absolute Gasteiger partial charge is 0.241 e. The third-order valence-electron chi connectivity index (χ3n) is 5.76. The monoisotopic (exact) mass is 473 g/mol. The summed E-state index contributed by atoms with van der Waals surface area (Å²) < 4.78 is 34.1. The van der Waals surface area contributed by atoms with Gasteiger partial charge in [0.15, 0.2) is 0 Å². The van der Waals surface area contributed by atoms with Crippen LogP contribution in [0.25, 0.3) is 0 Å². The molecule has 0 bridgehead atoms. The second-order valence-electron chi connectivity index (χ2n) is 9.04. The molecule has 3 rings (SSSR count). The fourth-order valence-corrected chi connectivity index (χ4v) is 5.20. The molecule has 1 aliphatic heterocycles. The van der Waals surface area contributed by atoms with Gasteiger partial charge in [0.05, 0.1) is 18.1 Å². The lowest BCUT2D eigenvalue weighted by Gasteiger charge is -2.32. The molecule has 1 atom stereocenters. The molecule has 7 nitrogen and oxygen atoms in total. The average molecular weight is 474 g/mol. The maximum Gasteiger partial charge on any atom is 0.241 e. The summed E-state index contributed by atoms with van der Waals surface area (Å²) in [6.45, 7) is 9.23. The van der Waals surface area contributed by atoms with Gasteiger partial charge < -0.3 is 14.5 Å². The van der Waals surface area contributed by atoms with E-state index in [9.17, 15) is 13.2 Å². The summed E-state index contributed by atoms with van der Waals surface area (Å²) >= 11 is 0. The summed E-state index contributed by atoms with van der Waals surface area (Å²) in [7, 11) is -2.09. The second-order valence-corrected chi connectivity index (χ2v) is 10.8. The lowest BCUT2D eigenvalue weighted by Crippen LogP contribution is -2.47. The fourth-order valence-electron chi connectivity index (χ4n) is 4.00. The Morgan fingerprint density at radius 2 is 1.73 bits per heavy atom. The number of likely N-dealkylation sites (N-methyl/N-ethyl adjacent to an activating group) is 1. The Bertz CT molecular complexity index is 1030. The predicted molar refractivity (Wildman–Crippen MR) is 131 cm³/mol. The Labute approximate surface area is 197 Å². The summed E-state index contributed by atoms with van der Waals surface area (Å²) in [4.78, 5) is 17.4. The number of sulfonamides is 1. The van der Waals surface area contributed by atoms with Crippen LogP contribution in [0.4, 0.5) is 5.69 Å². The summed E-state index contributed by atoms with van der Waals surface area (Å²) in [6.07, 6.45) is 0.416. The zero-order valence-electron chi connectivity index (χ0n) is 20.0. The van der Waals surface area contributed by atoms with Gasteiger partial charge >= 0.3 is 0 Å². The van der Waals surface area contributed by atoms with Crippen molar-refractivity contribution >= 4 is 21.6 Å². The Morgan fingerprint density at radius 3 is 2.36 bits per heavy atom. The van der Waals surface area contributed by atoms with E-state index in [4.69, 9.17) is 4.74 Å². The highest BCUT2D eigenvalue weighted by Gasteiger charge is 2.29. The second kappa shape index (κ2) is 11.1. The molecule has 1 fully saturated rings. The fraction of sp³-hybridized carbons (Fsp3) is 0.480. The molecule has 0 aliphatic carbocycles. The van der Waals surface area contributed by atoms with Gasteiger partial charge in [-0.15, -0.1) is 0 Å². The van der Waals surface area contributed by atoms with Crippen molar-refractivity contribution in [2.45, 2.75) is 44.7 Å². The lowest BCUT2D eigenvalue weighted by molar-refractivity contribution is -0.132. The molecule has 0 aromatic heterocycles. The summed E-state index contributed by atoms with van der Waals surface area (Å²) in [5.74, 6) is -0.0927. The molecule has 33 heavy (non-hydrogen) atoms. The Morgan fingerprint density at radius 1 is 1.09 bits per heavy atom. The van der Waals surface area contributed by atoms with E-state index in [2.05, 4.69) is 15.7 Å². The van der Waals surface area contributed by atoms with Crippen molar-refractivity contribution in [1.82, 2.24) is 9.62 Å². The number of benzene rings is 2. The average Bonchev–Trinajstić information content (AvgIpc) is 2.79. The predicted octanol–water partition coefficient (Wildman–Crippen LogP) is 3.18. The van der Waals surface area contributed by atoms with Crippen molar-refractivity contribution < 1.29 is 17.9 Å². The van der Waals surface area contributed by atoms with Crippen LogP contribution in [0.5, 0.6) is 0 Å². The topological polar surface area (TPSA) is 79.0 Å². The van der Waals surface area contributed by atoms with Crippen LogP contribution in [0.15, 0.2) is 53.4 Å². The van der Waals surface area contributed by atoms with E-state index < -0.39 is 16.1 Å². The van der Waals surface area contributed by atoms with Crippen molar-refractivity contribution in [3.63, 3.8) is 0 Å². The first kappa shape index (κ1) is 25.2. The van der Waals surface area contributed by atoms with E-state index in [-0.39, 0.29) is 16.7 Å². The van der Waals surface area contributed by atoms with Crippen LogP contribution in [-0.2, 0) is 26.1 Å². The van der Waals surface area contributed by atoms with Gasteiger partial charge in [0.25, 0.3) is 0 Å². The number of rotatable bonds is 9. The van der Waals surface area contributed by atoms with E-state index >= 15 is 0 Å². The first-order chi connectivity index (χ1) is 15.7. The molecule has 2 aromatic carbocycles. The first-order valence-corrected chi connectivity index (χ1v) is 12.9. The molecule has 1 N–H and O–H groups in total. The molecule has 1 aliphatic rings. The number of nitrogens with zero attached hydrogens (tertiary/aromatic N) is 2. The highest BCUT2D eigenvalue weighted by Crippen LogP contribution is 2.23. The molecule has 180 valence electrons. The SMILES string of the molecule is Cc1ccc(S(=O)(=O)NC(CC(C)C)C(=O)N(C)Cc2ccccc2N2CCOCC2)cc1. The van der Waals surface area contributed by atoms with Gasteiger partial charge in [-0.1, -0.05) is 49.7 Å². The molecular formula is C25H35N3O4S. The van der Waals surface area contributed by atoms with Gasteiger partial charge in [-0.2, -0.15) is 4.72 Å². The molecule has 1 heterocycles. The third kappa shape index (κ3) is 6.79. The van der Waals surface area contributed by atoms with Crippen LogP contribution in [-0.4, -0.2) is 58.6 Å². The summed E-state index contributed by atoms with van der Waals surface area (Å²) in [6, 6.07) is 13.8. The maximum atomic E-state index is 13.4. The molecule has 0 spiro atoms. The van der Waals surface area contributed by atoms with Crippen molar-refractivity contribution in [1.29, 1.82) is 0 Å². The quantitative estimate of drug-likeness (QED) is 0.605. The van der Waals surface area contributed by atoms with E-state index in [1.54, 1.807) is 36.2 Å². The van der Waals surface area contributed by atoms with Crippen LogP contribution in [0.1, 0.15) is 31.4 Å². The number of amides is 1. The Hall–Kier alpha value is -2.42. The highest BCUT2D eigenvalue weighted by atomic mass is 32.2. The summed E-state index contributed by atoms with van der Waals surface area (Å²) in [5.41, 5.74) is 3.09. The molecule has 1 unspecified atom stereocenters. The number of nitrogens with one attached hydrogen (secondary N) is 1. The van der Waals surface area contributed by atoms with E-state index in [1.165, 1.54) is 0 Å². The molecular weight excluding hydrogens is 438 g/mol. The van der Waals surface area contributed by atoms with Gasteiger partial charge in [-0.3, -0.25) is 4.79 Å². The van der Waals surface area contributed by atoms with Gasteiger partial charge in [-0.05, 0) is 43.0 Å². The number of hydrogen-bond acceptors (Lipinski definition) is 5. The number of ether oxygens (including phenoxy) is 1. The van der Waals surface area contributed by atoms with Crippen LogP contribution in [0.2, 0.25) is 0 Å². The van der Waals surface area contributed by atoms with Gasteiger partial charge in [-0.25, -0.2) is 8.42 Å². The largest absolute Gasteiger partial charge is 0.378 e. The van der Waals surface area contributed by atoms with Crippen molar-refractivity contribution in [3.05, 3.63) is 59.7 Å². The molecule has 0 saturated carbocycles. The number of carbonyl (C=O) groups is 1. The number of para-hydroxylation sites is 1. The first-order valence-electron chi connectivity index (χ1n) is 11.4. The lowest BCUT2D eigenvalue weighted by atomic mass is 10.0. The number of morpholine rings is 1. The van der Waals surface area contributed by atoms with Crippen molar-refractivity contribution in [2.75, 3.05) is 38.3 Å². The molecule has 1 saturated heterocycles. The van der Waals surface area contributed by atoms with Crippen LogP contribution in [0, 0.1) is 12.8 Å². The van der Waals surface area contributed by atoms with Gasteiger partial charge in [0.2, 0.25) is 15.9 Å². The van der Waals surface area contributed by atoms with Crippen molar-refractivity contribution in [3.8, 4) is 0 Å². The molecule has 1 amide bonds. The number of hydrogen-bond donors (Lipinski definition) is 1. The normalized spacial score (nSPS) is 15.5. The standard InChI is InChI=1S/C25H35N3O4S/c1-19(2)17-23(26-33(30,31)22-11-9-20(3)10-12-22)25(29)27(4)18-21-7-5-6-8-24(21)28-13-15-32-16-14-28/h5-12,19,23,26H,13-18H2,1-4H3. The highest BCUT2D eigenvalue weighted by molar-refractivity contribution is 7.89. The molecule has 0 radical (unpaired) electrons. The number of carbonyl (C=O) groups excluding carboxylic acids is 1. The zero-order valence-corrected chi connectivity index (χ0v) is 20.8.